The highest BCUT2D eigenvalue weighted by atomic mass is 32.2. The Bertz CT molecular complexity index is 745. The number of nitrogens with two attached hydrogens (primary N) is 1. The Labute approximate surface area is 119 Å². The van der Waals surface area contributed by atoms with E-state index in [-0.39, 0.29) is 10.6 Å². The Morgan fingerprint density at radius 2 is 2.19 bits per heavy atom. The maximum Gasteiger partial charge on any atom is 0.273 e. The number of hydrogen-bond acceptors (Lipinski definition) is 6. The van der Waals surface area contributed by atoms with Crippen LogP contribution in [0.2, 0.25) is 0 Å². The molecular weight excluding hydrogens is 306 g/mol. The van der Waals surface area contributed by atoms with Crippen molar-refractivity contribution in [1.82, 2.24) is 14.9 Å². The summed E-state index contributed by atoms with van der Waals surface area (Å²) in [6, 6.07) is 1.29. The van der Waals surface area contributed by atoms with Crippen molar-refractivity contribution in [3.8, 4) is 0 Å². The molecule has 7 nitrogen and oxygen atoms in total. The molecule has 0 aromatic carbocycles. The third kappa shape index (κ3) is 3.34. The van der Waals surface area contributed by atoms with Crippen LogP contribution in [0.15, 0.2) is 21.7 Å². The standard InChI is InChI=1S/C11H14F2N4O3S/c1-2-9-8-3-7(4-15-10(8)20-17-9)21(18,19)16-6-11(12,13)5-14/h3-4,16H,2,5-6,14H2,1H3. The lowest BCUT2D eigenvalue weighted by Crippen LogP contribution is -2.41. The Morgan fingerprint density at radius 3 is 2.81 bits per heavy atom. The molecule has 0 unspecified atom stereocenters. The quantitative estimate of drug-likeness (QED) is 0.808. The topological polar surface area (TPSA) is 111 Å². The van der Waals surface area contributed by atoms with Crippen molar-refractivity contribution in [2.45, 2.75) is 24.2 Å². The van der Waals surface area contributed by atoms with Gasteiger partial charge >= 0.3 is 0 Å². The van der Waals surface area contributed by atoms with E-state index >= 15 is 0 Å². The second-order valence-electron chi connectivity index (χ2n) is 4.39. The van der Waals surface area contributed by atoms with Crippen molar-refractivity contribution < 1.29 is 21.7 Å². The molecule has 0 amide bonds. The van der Waals surface area contributed by atoms with E-state index in [1.807, 2.05) is 11.6 Å². The van der Waals surface area contributed by atoms with E-state index in [2.05, 4.69) is 10.1 Å². The lowest BCUT2D eigenvalue weighted by Gasteiger charge is -2.14. The average Bonchev–Trinajstić information content (AvgIpc) is 2.87. The number of halogens is 2. The monoisotopic (exact) mass is 320 g/mol. The Morgan fingerprint density at radius 1 is 1.48 bits per heavy atom. The van der Waals surface area contributed by atoms with E-state index in [1.54, 1.807) is 0 Å². The number of sulfonamides is 1. The molecule has 116 valence electrons. The van der Waals surface area contributed by atoms with Gasteiger partial charge in [0.05, 0.1) is 30.4 Å². The number of fused-ring (bicyclic) bond motifs is 1. The molecule has 2 aromatic rings. The van der Waals surface area contributed by atoms with Gasteiger partial charge in [0, 0.05) is 0 Å². The van der Waals surface area contributed by atoms with Gasteiger partial charge in [0.25, 0.3) is 11.6 Å². The third-order valence-electron chi connectivity index (χ3n) is 2.84. The van der Waals surface area contributed by atoms with Crippen LogP contribution in [0.3, 0.4) is 0 Å². The first-order valence-corrected chi connectivity index (χ1v) is 7.59. The molecule has 0 saturated carbocycles. The van der Waals surface area contributed by atoms with E-state index in [9.17, 15) is 17.2 Å². The minimum Gasteiger partial charge on any atom is -0.336 e. The van der Waals surface area contributed by atoms with Crippen molar-refractivity contribution in [2.24, 2.45) is 5.73 Å². The summed E-state index contributed by atoms with van der Waals surface area (Å²) in [5, 5.41) is 4.18. The van der Waals surface area contributed by atoms with E-state index < -0.39 is 29.0 Å². The zero-order valence-corrected chi connectivity index (χ0v) is 12.0. The molecule has 0 radical (unpaired) electrons. The van der Waals surface area contributed by atoms with Gasteiger partial charge in [0.15, 0.2) is 0 Å². The van der Waals surface area contributed by atoms with E-state index in [0.29, 0.717) is 17.5 Å². The number of pyridine rings is 1. The van der Waals surface area contributed by atoms with Gasteiger partial charge < -0.3 is 10.3 Å². The van der Waals surface area contributed by atoms with Gasteiger partial charge in [-0.1, -0.05) is 12.1 Å². The van der Waals surface area contributed by atoms with Crippen molar-refractivity contribution >= 4 is 21.1 Å². The number of aryl methyl sites for hydroxylation is 1. The summed E-state index contributed by atoms with van der Waals surface area (Å²) >= 11 is 0. The van der Waals surface area contributed by atoms with Crippen LogP contribution in [0.1, 0.15) is 12.6 Å². The van der Waals surface area contributed by atoms with Gasteiger partial charge in [-0.3, -0.25) is 0 Å². The van der Waals surface area contributed by atoms with Crippen LogP contribution in [0.4, 0.5) is 8.78 Å². The molecule has 21 heavy (non-hydrogen) atoms. The normalized spacial score (nSPS) is 13.0. The molecule has 2 rings (SSSR count). The first kappa shape index (κ1) is 15.7. The van der Waals surface area contributed by atoms with Crippen LogP contribution in [0.25, 0.3) is 11.1 Å². The van der Waals surface area contributed by atoms with Gasteiger partial charge in [-0.2, -0.15) is 0 Å². The first-order valence-electron chi connectivity index (χ1n) is 6.11. The molecule has 0 bridgehead atoms. The number of nitrogens with zero attached hydrogens (tertiary/aromatic N) is 2. The molecule has 0 saturated heterocycles. The van der Waals surface area contributed by atoms with Crippen molar-refractivity contribution in [2.75, 3.05) is 13.1 Å². The van der Waals surface area contributed by atoms with Crippen LogP contribution in [-0.2, 0) is 16.4 Å². The van der Waals surface area contributed by atoms with E-state index in [0.717, 1.165) is 6.20 Å². The Kier molecular flexibility index (Phi) is 4.21. The average molecular weight is 320 g/mol. The van der Waals surface area contributed by atoms with Crippen LogP contribution < -0.4 is 10.5 Å². The summed E-state index contributed by atoms with van der Waals surface area (Å²) < 4.78 is 56.8. The Hall–Kier alpha value is -1.65. The molecule has 0 aliphatic heterocycles. The number of aromatic nitrogens is 2. The van der Waals surface area contributed by atoms with Crippen LogP contribution in [-0.4, -0.2) is 37.6 Å². The van der Waals surface area contributed by atoms with Gasteiger partial charge in [-0.15, -0.1) is 0 Å². The molecule has 0 aliphatic rings. The molecule has 0 aliphatic carbocycles. The lowest BCUT2D eigenvalue weighted by molar-refractivity contribution is 0.0170. The molecular formula is C11H14F2N4O3S. The SMILES string of the molecule is CCc1noc2ncc(S(=O)(=O)NCC(F)(F)CN)cc12. The number of rotatable bonds is 6. The molecule has 2 aromatic heterocycles. The first-order chi connectivity index (χ1) is 9.79. The van der Waals surface area contributed by atoms with Gasteiger partial charge in [0.1, 0.15) is 4.90 Å². The van der Waals surface area contributed by atoms with Crippen molar-refractivity contribution in [3.05, 3.63) is 18.0 Å². The highest BCUT2D eigenvalue weighted by molar-refractivity contribution is 7.89. The van der Waals surface area contributed by atoms with Crippen molar-refractivity contribution in [3.63, 3.8) is 0 Å². The maximum atomic E-state index is 13.0. The summed E-state index contributed by atoms with van der Waals surface area (Å²) in [6.07, 6.45) is 1.55. The molecule has 3 N–H and O–H groups in total. The van der Waals surface area contributed by atoms with Gasteiger partial charge in [0.2, 0.25) is 10.0 Å². The van der Waals surface area contributed by atoms with Crippen LogP contribution in [0, 0.1) is 0 Å². The smallest absolute Gasteiger partial charge is 0.273 e. The third-order valence-corrected chi connectivity index (χ3v) is 4.21. The Balaban J connectivity index is 2.31. The van der Waals surface area contributed by atoms with E-state index in [4.69, 9.17) is 10.3 Å². The summed E-state index contributed by atoms with van der Waals surface area (Å²) in [6.45, 7) is -0.203. The fourth-order valence-electron chi connectivity index (χ4n) is 1.62. The highest BCUT2D eigenvalue weighted by Gasteiger charge is 2.29. The van der Waals surface area contributed by atoms with Gasteiger partial charge in [-0.05, 0) is 12.5 Å². The number of hydrogen-bond donors (Lipinski definition) is 2. The zero-order chi connectivity index (χ0) is 15.7. The predicted molar refractivity (Wildman–Crippen MR) is 70.4 cm³/mol. The van der Waals surface area contributed by atoms with Crippen LogP contribution in [0.5, 0.6) is 0 Å². The summed E-state index contributed by atoms with van der Waals surface area (Å²) in [7, 11) is -4.12. The second kappa shape index (κ2) is 5.62. The summed E-state index contributed by atoms with van der Waals surface area (Å²) in [5.74, 6) is -3.31. The fourth-order valence-corrected chi connectivity index (χ4v) is 2.65. The maximum absolute atomic E-state index is 13.0. The fraction of sp³-hybridized carbons (Fsp3) is 0.455. The second-order valence-corrected chi connectivity index (χ2v) is 6.16. The lowest BCUT2D eigenvalue weighted by atomic mass is 10.2. The van der Waals surface area contributed by atoms with Crippen LogP contribution >= 0.6 is 0 Å². The number of nitrogens with one attached hydrogen (secondary N) is 1. The number of alkyl halides is 2. The van der Waals surface area contributed by atoms with E-state index in [1.165, 1.54) is 6.07 Å². The minimum atomic E-state index is -4.12. The zero-order valence-electron chi connectivity index (χ0n) is 11.1. The molecule has 0 atom stereocenters. The molecule has 0 fully saturated rings. The minimum absolute atomic E-state index is 0.193. The van der Waals surface area contributed by atoms with Gasteiger partial charge in [-0.25, -0.2) is 26.9 Å². The summed E-state index contributed by atoms with van der Waals surface area (Å²) in [5.41, 5.74) is 5.59. The highest BCUT2D eigenvalue weighted by Crippen LogP contribution is 2.21. The molecule has 0 spiro atoms. The molecule has 2 heterocycles. The predicted octanol–water partition coefficient (Wildman–Crippen LogP) is 0.657. The summed E-state index contributed by atoms with van der Waals surface area (Å²) in [4.78, 5) is 3.58. The largest absolute Gasteiger partial charge is 0.336 e. The molecule has 10 heteroatoms. The van der Waals surface area contributed by atoms with Crippen molar-refractivity contribution in [1.29, 1.82) is 0 Å².